The van der Waals surface area contributed by atoms with Crippen molar-refractivity contribution in [2.45, 2.75) is 19.0 Å². The number of fused-ring (bicyclic) bond motifs is 1. The molecule has 2 aromatic rings. The van der Waals surface area contributed by atoms with E-state index in [1.54, 1.807) is 6.07 Å². The molecule has 1 aliphatic heterocycles. The van der Waals surface area contributed by atoms with Gasteiger partial charge in [0.15, 0.2) is 0 Å². The van der Waals surface area contributed by atoms with Crippen molar-refractivity contribution in [3.05, 3.63) is 70.5 Å². The first-order valence-corrected chi connectivity index (χ1v) is 7.34. The molecule has 2 aromatic carbocycles. The predicted octanol–water partition coefficient (Wildman–Crippen LogP) is 2.79. The molecule has 0 radical (unpaired) electrons. The summed E-state index contributed by atoms with van der Waals surface area (Å²) in [5.41, 5.74) is 3.55. The highest BCUT2D eigenvalue weighted by Gasteiger charge is 2.26. The van der Waals surface area contributed by atoms with Crippen molar-refractivity contribution in [2.75, 3.05) is 13.2 Å². The van der Waals surface area contributed by atoms with Crippen LogP contribution in [-0.4, -0.2) is 23.2 Å². The van der Waals surface area contributed by atoms with Crippen molar-refractivity contribution in [1.82, 2.24) is 4.90 Å². The van der Waals surface area contributed by atoms with Crippen LogP contribution in [0.5, 0.6) is 0 Å². The Balaban J connectivity index is 1.89. The van der Waals surface area contributed by atoms with E-state index in [4.69, 9.17) is 5.26 Å². The van der Waals surface area contributed by atoms with Gasteiger partial charge >= 0.3 is 0 Å². The first-order valence-electron chi connectivity index (χ1n) is 7.34. The van der Waals surface area contributed by atoms with Crippen LogP contribution in [0.4, 0.5) is 4.39 Å². The minimum Gasteiger partial charge on any atom is -0.394 e. The summed E-state index contributed by atoms with van der Waals surface area (Å²) in [5, 5.41) is 19.0. The molecule has 1 aliphatic rings. The van der Waals surface area contributed by atoms with Crippen molar-refractivity contribution in [1.29, 1.82) is 5.26 Å². The van der Waals surface area contributed by atoms with E-state index >= 15 is 0 Å². The van der Waals surface area contributed by atoms with Crippen LogP contribution in [-0.2, 0) is 13.0 Å². The monoisotopic (exact) mass is 296 g/mol. The molecule has 112 valence electrons. The van der Waals surface area contributed by atoms with Crippen LogP contribution in [0.2, 0.25) is 0 Å². The lowest BCUT2D eigenvalue weighted by Crippen LogP contribution is -2.37. The van der Waals surface area contributed by atoms with Crippen molar-refractivity contribution in [3.8, 4) is 6.07 Å². The summed E-state index contributed by atoms with van der Waals surface area (Å²) < 4.78 is 13.2. The summed E-state index contributed by atoms with van der Waals surface area (Å²) in [4.78, 5) is 2.15. The summed E-state index contributed by atoms with van der Waals surface area (Å²) >= 11 is 0. The zero-order chi connectivity index (χ0) is 15.5. The smallest absolute Gasteiger partial charge is 0.124 e. The standard InChI is InChI=1S/C18H17FN2O/c19-16-6-5-14(15(9-16)10-20)11-21-8-7-13-3-1-2-4-17(13)18(21)12-22/h1-6,9,18,22H,7-8,11-12H2. The summed E-state index contributed by atoms with van der Waals surface area (Å²) in [6.07, 6.45) is 0.912. The first kappa shape index (κ1) is 14.7. The van der Waals surface area contributed by atoms with Crippen LogP contribution in [0.1, 0.15) is 28.3 Å². The summed E-state index contributed by atoms with van der Waals surface area (Å²) in [5.74, 6) is -0.400. The van der Waals surface area contributed by atoms with E-state index in [0.717, 1.165) is 24.1 Å². The highest BCUT2D eigenvalue weighted by atomic mass is 19.1. The second kappa shape index (κ2) is 6.27. The number of nitriles is 1. The SMILES string of the molecule is N#Cc1cc(F)ccc1CN1CCc2ccccc2C1CO. The molecular weight excluding hydrogens is 279 g/mol. The van der Waals surface area contributed by atoms with E-state index in [-0.39, 0.29) is 12.6 Å². The molecule has 1 atom stereocenters. The van der Waals surface area contributed by atoms with Gasteiger partial charge in [0.25, 0.3) is 0 Å². The number of aliphatic hydroxyl groups excluding tert-OH is 1. The molecule has 0 fully saturated rings. The summed E-state index contributed by atoms with van der Waals surface area (Å²) in [7, 11) is 0. The second-order valence-corrected chi connectivity index (χ2v) is 5.53. The Morgan fingerprint density at radius 3 is 2.86 bits per heavy atom. The number of halogens is 1. The molecule has 1 N–H and O–H groups in total. The maximum atomic E-state index is 13.2. The van der Waals surface area contributed by atoms with Crippen LogP contribution in [0.15, 0.2) is 42.5 Å². The number of rotatable bonds is 3. The van der Waals surface area contributed by atoms with Gasteiger partial charge in [-0.05, 0) is 35.2 Å². The first-order chi connectivity index (χ1) is 10.7. The van der Waals surface area contributed by atoms with Crippen molar-refractivity contribution >= 4 is 0 Å². The van der Waals surface area contributed by atoms with Gasteiger partial charge < -0.3 is 5.11 Å². The molecule has 22 heavy (non-hydrogen) atoms. The Labute approximate surface area is 129 Å². The van der Waals surface area contributed by atoms with Gasteiger partial charge in [0.1, 0.15) is 5.82 Å². The van der Waals surface area contributed by atoms with E-state index in [1.165, 1.54) is 17.7 Å². The fraction of sp³-hybridized carbons (Fsp3) is 0.278. The Kier molecular flexibility index (Phi) is 4.19. The molecule has 0 aromatic heterocycles. The Bertz CT molecular complexity index is 723. The van der Waals surface area contributed by atoms with Gasteiger partial charge in [-0.2, -0.15) is 5.26 Å². The molecule has 0 aliphatic carbocycles. The fourth-order valence-electron chi connectivity index (χ4n) is 3.12. The lowest BCUT2D eigenvalue weighted by Gasteiger charge is -2.36. The Morgan fingerprint density at radius 1 is 1.27 bits per heavy atom. The van der Waals surface area contributed by atoms with Crippen LogP contribution < -0.4 is 0 Å². The maximum Gasteiger partial charge on any atom is 0.124 e. The average Bonchev–Trinajstić information content (AvgIpc) is 2.56. The normalized spacial score (nSPS) is 17.8. The molecule has 0 saturated heterocycles. The van der Waals surface area contributed by atoms with Gasteiger partial charge in [0.05, 0.1) is 24.3 Å². The number of nitrogens with zero attached hydrogens (tertiary/aromatic N) is 2. The average molecular weight is 296 g/mol. The third-order valence-corrected chi connectivity index (χ3v) is 4.26. The van der Waals surface area contributed by atoms with E-state index in [9.17, 15) is 9.50 Å². The van der Waals surface area contributed by atoms with Crippen LogP contribution in [0.25, 0.3) is 0 Å². The second-order valence-electron chi connectivity index (χ2n) is 5.53. The van der Waals surface area contributed by atoms with E-state index < -0.39 is 5.82 Å². The number of hydrogen-bond acceptors (Lipinski definition) is 3. The minimum atomic E-state index is -0.400. The molecule has 0 bridgehead atoms. The van der Waals surface area contributed by atoms with E-state index in [0.29, 0.717) is 12.1 Å². The topological polar surface area (TPSA) is 47.3 Å². The molecule has 4 heteroatoms. The van der Waals surface area contributed by atoms with Gasteiger partial charge in [-0.25, -0.2) is 4.39 Å². The van der Waals surface area contributed by atoms with Crippen LogP contribution in [0.3, 0.4) is 0 Å². The van der Waals surface area contributed by atoms with Crippen molar-refractivity contribution < 1.29 is 9.50 Å². The quantitative estimate of drug-likeness (QED) is 0.947. The fourth-order valence-corrected chi connectivity index (χ4v) is 3.12. The number of aliphatic hydroxyl groups is 1. The predicted molar refractivity (Wildman–Crippen MR) is 81.5 cm³/mol. The van der Waals surface area contributed by atoms with Crippen molar-refractivity contribution in [2.24, 2.45) is 0 Å². The van der Waals surface area contributed by atoms with Crippen molar-refractivity contribution in [3.63, 3.8) is 0 Å². The third-order valence-electron chi connectivity index (χ3n) is 4.26. The highest BCUT2D eigenvalue weighted by molar-refractivity contribution is 5.39. The summed E-state index contributed by atoms with van der Waals surface area (Å²) in [6.45, 7) is 1.37. The zero-order valence-corrected chi connectivity index (χ0v) is 12.2. The number of hydrogen-bond donors (Lipinski definition) is 1. The lowest BCUT2D eigenvalue weighted by atomic mass is 9.92. The van der Waals surface area contributed by atoms with Gasteiger partial charge in [-0.1, -0.05) is 30.3 Å². The summed E-state index contributed by atoms with van der Waals surface area (Å²) in [6, 6.07) is 14.4. The van der Waals surface area contributed by atoms with Gasteiger partial charge in [0.2, 0.25) is 0 Å². The molecule has 0 spiro atoms. The van der Waals surface area contributed by atoms with Gasteiger partial charge in [-0.15, -0.1) is 0 Å². The lowest BCUT2D eigenvalue weighted by molar-refractivity contribution is 0.108. The number of benzene rings is 2. The molecule has 0 amide bonds. The van der Waals surface area contributed by atoms with Gasteiger partial charge in [0, 0.05) is 13.1 Å². The molecule has 0 saturated carbocycles. The van der Waals surface area contributed by atoms with Gasteiger partial charge in [-0.3, -0.25) is 4.90 Å². The third kappa shape index (κ3) is 2.74. The van der Waals surface area contributed by atoms with E-state index in [2.05, 4.69) is 11.0 Å². The zero-order valence-electron chi connectivity index (χ0n) is 12.2. The molecular formula is C18H17FN2O. The highest BCUT2D eigenvalue weighted by Crippen LogP contribution is 2.31. The van der Waals surface area contributed by atoms with Crippen LogP contribution in [0, 0.1) is 17.1 Å². The Morgan fingerprint density at radius 2 is 2.09 bits per heavy atom. The molecule has 1 unspecified atom stereocenters. The molecule has 3 nitrogen and oxygen atoms in total. The molecule has 3 rings (SSSR count). The molecule has 1 heterocycles. The van der Waals surface area contributed by atoms with Crippen LogP contribution >= 0.6 is 0 Å². The largest absolute Gasteiger partial charge is 0.394 e. The van der Waals surface area contributed by atoms with E-state index in [1.807, 2.05) is 24.3 Å². The maximum absolute atomic E-state index is 13.2. The Hall–Kier alpha value is -2.22. The minimum absolute atomic E-state index is 0.0279.